The summed E-state index contributed by atoms with van der Waals surface area (Å²) in [5, 5.41) is 0. The van der Waals surface area contributed by atoms with Gasteiger partial charge in [0.1, 0.15) is 19.2 Å². The first-order valence-corrected chi connectivity index (χ1v) is 19.4. The van der Waals surface area contributed by atoms with Crippen molar-refractivity contribution in [2.75, 3.05) is 33.9 Å². The SMILES string of the molecule is C=CC(CCOC(=O)CCC(C)CCCC(C)CCCC(C)C)[N+](C)(C)CCOC(=O)CCC(C)CCCC(C)CCCC(C)C. The number of carbonyl (C=O) groups is 2. The van der Waals surface area contributed by atoms with Crippen molar-refractivity contribution in [1.82, 2.24) is 0 Å². The average molecular weight is 651 g/mol. The van der Waals surface area contributed by atoms with E-state index < -0.39 is 0 Å². The summed E-state index contributed by atoms with van der Waals surface area (Å²) in [6, 6.07) is 0.126. The lowest BCUT2D eigenvalue weighted by Gasteiger charge is -2.36. The second kappa shape index (κ2) is 26.6. The number of hydrogen-bond donors (Lipinski definition) is 0. The number of likely N-dealkylation sites (N-methyl/N-ethyl adjacent to an activating group) is 1. The van der Waals surface area contributed by atoms with Crippen LogP contribution < -0.4 is 0 Å². The molecule has 0 aliphatic carbocycles. The Morgan fingerprint density at radius 2 is 0.891 bits per heavy atom. The Labute approximate surface area is 287 Å². The Kier molecular flexibility index (Phi) is 25.8. The van der Waals surface area contributed by atoms with Crippen LogP contribution >= 0.6 is 0 Å². The largest absolute Gasteiger partial charge is 0.465 e. The quantitative estimate of drug-likeness (QED) is 0.0441. The minimum absolute atomic E-state index is 0.0941. The summed E-state index contributed by atoms with van der Waals surface area (Å²) < 4.78 is 11.9. The van der Waals surface area contributed by atoms with Crippen LogP contribution in [0.5, 0.6) is 0 Å². The van der Waals surface area contributed by atoms with Crippen molar-refractivity contribution in [3.05, 3.63) is 12.7 Å². The fourth-order valence-corrected chi connectivity index (χ4v) is 6.44. The van der Waals surface area contributed by atoms with Gasteiger partial charge in [0.25, 0.3) is 0 Å². The van der Waals surface area contributed by atoms with E-state index in [9.17, 15) is 9.59 Å². The van der Waals surface area contributed by atoms with Crippen molar-refractivity contribution in [2.45, 2.75) is 171 Å². The summed E-state index contributed by atoms with van der Waals surface area (Å²) in [5.41, 5.74) is 0. The number of hydrogen-bond acceptors (Lipinski definition) is 4. The van der Waals surface area contributed by atoms with Gasteiger partial charge in [-0.2, -0.15) is 0 Å². The predicted molar refractivity (Wildman–Crippen MR) is 198 cm³/mol. The maximum Gasteiger partial charge on any atom is 0.306 e. The van der Waals surface area contributed by atoms with E-state index >= 15 is 0 Å². The van der Waals surface area contributed by atoms with Crippen LogP contribution in [-0.4, -0.2) is 56.3 Å². The first-order valence-electron chi connectivity index (χ1n) is 19.4. The molecular formula is C41H80NO4+. The highest BCUT2D eigenvalue weighted by Gasteiger charge is 2.26. The molecule has 0 aromatic rings. The standard InChI is InChI=1S/C41H80NO4/c1-12-39(29-31-45-40(43)27-25-37(8)23-15-21-35(6)19-13-17-33(2)3)42(10,11)30-32-46-41(44)28-26-38(9)24-16-22-36(7)20-14-18-34(4)5/h12,33-39H,1,13-32H2,2-11H3/q+1. The molecule has 0 saturated heterocycles. The molecule has 5 unspecified atom stereocenters. The third-order valence-electron chi connectivity index (χ3n) is 10.2. The molecule has 0 rings (SSSR count). The van der Waals surface area contributed by atoms with Crippen LogP contribution in [0.25, 0.3) is 0 Å². The number of esters is 2. The summed E-state index contributed by atoms with van der Waals surface area (Å²) >= 11 is 0. The van der Waals surface area contributed by atoms with E-state index in [4.69, 9.17) is 9.47 Å². The lowest BCUT2D eigenvalue weighted by atomic mass is 9.92. The molecule has 5 nitrogen and oxygen atoms in total. The van der Waals surface area contributed by atoms with E-state index in [-0.39, 0.29) is 18.0 Å². The van der Waals surface area contributed by atoms with Crippen LogP contribution in [0.2, 0.25) is 0 Å². The molecule has 0 saturated carbocycles. The molecule has 5 atom stereocenters. The Morgan fingerprint density at radius 1 is 0.543 bits per heavy atom. The number of quaternary nitrogens is 1. The third-order valence-corrected chi connectivity index (χ3v) is 10.2. The Morgan fingerprint density at radius 3 is 1.26 bits per heavy atom. The van der Waals surface area contributed by atoms with Crippen molar-refractivity contribution < 1.29 is 23.5 Å². The molecule has 0 aliphatic heterocycles. The molecule has 0 fully saturated rings. The molecule has 46 heavy (non-hydrogen) atoms. The molecule has 272 valence electrons. The van der Waals surface area contributed by atoms with Gasteiger partial charge in [-0.05, 0) is 54.4 Å². The van der Waals surface area contributed by atoms with Crippen LogP contribution in [0.3, 0.4) is 0 Å². The summed E-state index contributed by atoms with van der Waals surface area (Å²) in [5.74, 6) is 4.13. The molecule has 0 spiro atoms. The molecular weight excluding hydrogens is 570 g/mol. The molecule has 0 aromatic carbocycles. The van der Waals surface area contributed by atoms with Crippen LogP contribution in [0.15, 0.2) is 12.7 Å². The molecule has 0 amide bonds. The summed E-state index contributed by atoms with van der Waals surface area (Å²) in [6.45, 7) is 24.0. The molecule has 0 N–H and O–H groups in total. The maximum absolute atomic E-state index is 12.4. The number of carbonyl (C=O) groups excluding carboxylic acids is 2. The molecule has 0 aromatic heterocycles. The highest BCUT2D eigenvalue weighted by atomic mass is 16.5. The van der Waals surface area contributed by atoms with Crippen molar-refractivity contribution in [1.29, 1.82) is 0 Å². The monoisotopic (exact) mass is 651 g/mol. The fourth-order valence-electron chi connectivity index (χ4n) is 6.44. The van der Waals surface area contributed by atoms with E-state index in [0.717, 1.165) is 36.5 Å². The Balaban J connectivity index is 4.11. The van der Waals surface area contributed by atoms with Crippen LogP contribution in [-0.2, 0) is 19.1 Å². The zero-order valence-electron chi connectivity index (χ0n) is 32.5. The summed E-state index contributed by atoms with van der Waals surface area (Å²) in [6.07, 6.45) is 20.9. The van der Waals surface area contributed by atoms with Gasteiger partial charge >= 0.3 is 11.9 Å². The zero-order chi connectivity index (χ0) is 35.0. The second-order valence-electron chi connectivity index (χ2n) is 16.5. The minimum Gasteiger partial charge on any atom is -0.465 e. The van der Waals surface area contributed by atoms with E-state index in [2.05, 4.69) is 76.1 Å². The fraction of sp³-hybridized carbons (Fsp3) is 0.902. The average Bonchev–Trinajstić information content (AvgIpc) is 2.96. The second-order valence-corrected chi connectivity index (χ2v) is 16.5. The molecule has 5 heteroatoms. The van der Waals surface area contributed by atoms with Gasteiger partial charge in [0.15, 0.2) is 0 Å². The van der Waals surface area contributed by atoms with Crippen LogP contribution in [0, 0.1) is 35.5 Å². The number of rotatable bonds is 30. The van der Waals surface area contributed by atoms with Gasteiger partial charge in [-0.3, -0.25) is 9.59 Å². The highest BCUT2D eigenvalue weighted by molar-refractivity contribution is 5.69. The molecule has 0 bridgehead atoms. The smallest absolute Gasteiger partial charge is 0.306 e. The van der Waals surface area contributed by atoms with Gasteiger partial charge < -0.3 is 14.0 Å². The Bertz CT molecular complexity index is 776. The first kappa shape index (κ1) is 44.6. The molecule has 0 aliphatic rings. The minimum atomic E-state index is -0.0960. The van der Waals surface area contributed by atoms with E-state index in [1.165, 1.54) is 77.0 Å². The Hall–Kier alpha value is -1.36. The third kappa shape index (κ3) is 25.7. The van der Waals surface area contributed by atoms with Crippen molar-refractivity contribution >= 4 is 11.9 Å². The van der Waals surface area contributed by atoms with Gasteiger partial charge in [-0.25, -0.2) is 0 Å². The topological polar surface area (TPSA) is 52.6 Å². The highest BCUT2D eigenvalue weighted by Crippen LogP contribution is 2.23. The normalized spacial score (nSPS) is 15.4. The van der Waals surface area contributed by atoms with Gasteiger partial charge in [-0.1, -0.05) is 139 Å². The van der Waals surface area contributed by atoms with Crippen molar-refractivity contribution in [2.24, 2.45) is 35.5 Å². The lowest BCUT2D eigenvalue weighted by molar-refractivity contribution is -0.908. The maximum atomic E-state index is 12.4. The summed E-state index contributed by atoms with van der Waals surface area (Å²) in [7, 11) is 4.25. The van der Waals surface area contributed by atoms with Gasteiger partial charge in [0, 0.05) is 19.3 Å². The van der Waals surface area contributed by atoms with E-state index in [1.54, 1.807) is 0 Å². The van der Waals surface area contributed by atoms with Crippen molar-refractivity contribution in [3.63, 3.8) is 0 Å². The summed E-state index contributed by atoms with van der Waals surface area (Å²) in [4.78, 5) is 24.8. The lowest BCUT2D eigenvalue weighted by Crippen LogP contribution is -2.50. The predicted octanol–water partition coefficient (Wildman–Crippen LogP) is 11.2. The van der Waals surface area contributed by atoms with Gasteiger partial charge in [0.2, 0.25) is 0 Å². The van der Waals surface area contributed by atoms with Crippen LogP contribution in [0.4, 0.5) is 0 Å². The molecule has 0 heterocycles. The number of ether oxygens (including phenoxy) is 2. The van der Waals surface area contributed by atoms with Crippen molar-refractivity contribution in [3.8, 4) is 0 Å². The van der Waals surface area contributed by atoms with Gasteiger partial charge in [0.05, 0.1) is 20.7 Å². The van der Waals surface area contributed by atoms with E-state index in [0.29, 0.717) is 55.3 Å². The van der Waals surface area contributed by atoms with Gasteiger partial charge in [-0.15, -0.1) is 0 Å². The number of nitrogens with zero attached hydrogens (tertiary/aromatic N) is 1. The van der Waals surface area contributed by atoms with Crippen LogP contribution in [0.1, 0.15) is 165 Å². The zero-order valence-corrected chi connectivity index (χ0v) is 32.5. The first-order chi connectivity index (χ1) is 21.7. The molecule has 0 radical (unpaired) electrons. The van der Waals surface area contributed by atoms with E-state index in [1.807, 2.05) is 6.08 Å².